The smallest absolute Gasteiger partial charge is 0.231 e. The Balaban J connectivity index is 2.12. The van der Waals surface area contributed by atoms with Crippen LogP contribution in [0.25, 0.3) is 11.4 Å². The first-order valence-corrected chi connectivity index (χ1v) is 6.38. The predicted molar refractivity (Wildman–Crippen MR) is 73.8 cm³/mol. The zero-order chi connectivity index (χ0) is 13.4. The molecule has 2 aromatic rings. The number of anilines is 1. The molecule has 3 rings (SSSR count). The Hall–Kier alpha value is -1.86. The van der Waals surface area contributed by atoms with E-state index in [1.165, 1.54) is 0 Å². The molecule has 0 spiro atoms. The molecule has 19 heavy (non-hydrogen) atoms. The highest BCUT2D eigenvalue weighted by atomic mass is 79.9. The molecule has 7 heteroatoms. The van der Waals surface area contributed by atoms with Crippen LogP contribution in [0.1, 0.15) is 5.69 Å². The average molecular weight is 323 g/mol. The fourth-order valence-electron chi connectivity index (χ4n) is 1.87. The lowest BCUT2D eigenvalue weighted by molar-refractivity contribution is 0.173. The number of nitrogens with one attached hydrogen (secondary N) is 1. The predicted octanol–water partition coefficient (Wildman–Crippen LogP) is 2.23. The molecule has 1 aliphatic heterocycles. The second-order valence-corrected chi connectivity index (χ2v) is 4.91. The van der Waals surface area contributed by atoms with Gasteiger partial charge in [-0.1, -0.05) is 0 Å². The Morgan fingerprint density at radius 2 is 2.11 bits per heavy atom. The van der Waals surface area contributed by atoms with E-state index in [0.29, 0.717) is 23.1 Å². The van der Waals surface area contributed by atoms with Crippen molar-refractivity contribution < 1.29 is 9.47 Å². The number of rotatable bonds is 2. The lowest BCUT2D eigenvalue weighted by Gasteiger charge is -2.07. The summed E-state index contributed by atoms with van der Waals surface area (Å²) in [5, 5.41) is 0. The van der Waals surface area contributed by atoms with E-state index in [2.05, 4.69) is 31.3 Å². The average Bonchev–Trinajstić information content (AvgIpc) is 2.86. The van der Waals surface area contributed by atoms with Crippen molar-refractivity contribution >= 4 is 21.7 Å². The molecular formula is C12H11BrN4O2. The van der Waals surface area contributed by atoms with Crippen molar-refractivity contribution in [3.8, 4) is 22.9 Å². The van der Waals surface area contributed by atoms with Gasteiger partial charge < -0.3 is 14.9 Å². The van der Waals surface area contributed by atoms with Gasteiger partial charge in [0.1, 0.15) is 5.82 Å². The number of nitrogens with two attached hydrogens (primary N) is 1. The molecule has 98 valence electrons. The molecule has 6 nitrogen and oxygen atoms in total. The van der Waals surface area contributed by atoms with Crippen LogP contribution < -0.4 is 20.7 Å². The molecular weight excluding hydrogens is 312 g/mol. The maximum Gasteiger partial charge on any atom is 0.231 e. The van der Waals surface area contributed by atoms with Gasteiger partial charge >= 0.3 is 0 Å². The van der Waals surface area contributed by atoms with Crippen LogP contribution in [0.4, 0.5) is 5.82 Å². The van der Waals surface area contributed by atoms with Crippen molar-refractivity contribution in [3.63, 3.8) is 0 Å². The standard InChI is InChI=1S/C12H11BrN4O2/c1-6-2-10(17-14)16-12(15-6)7-3-8(13)11-9(4-7)18-5-19-11/h2-4H,5,14H2,1H3,(H,15,16,17). The molecule has 2 heterocycles. The normalized spacial score (nSPS) is 12.6. The minimum atomic E-state index is 0.224. The Morgan fingerprint density at radius 3 is 2.89 bits per heavy atom. The number of hydrogen-bond acceptors (Lipinski definition) is 6. The zero-order valence-corrected chi connectivity index (χ0v) is 11.7. The summed E-state index contributed by atoms with van der Waals surface area (Å²) in [5.41, 5.74) is 4.18. The Kier molecular flexibility index (Phi) is 3.00. The maximum atomic E-state index is 5.39. The van der Waals surface area contributed by atoms with Crippen molar-refractivity contribution in [2.24, 2.45) is 5.84 Å². The van der Waals surface area contributed by atoms with E-state index in [0.717, 1.165) is 15.7 Å². The van der Waals surface area contributed by atoms with E-state index in [9.17, 15) is 0 Å². The van der Waals surface area contributed by atoms with Crippen molar-refractivity contribution in [2.75, 3.05) is 12.2 Å². The monoisotopic (exact) mass is 322 g/mol. The third kappa shape index (κ3) is 2.22. The third-order valence-corrected chi connectivity index (χ3v) is 3.28. The lowest BCUT2D eigenvalue weighted by Crippen LogP contribution is -2.09. The molecule has 0 fully saturated rings. The number of aryl methyl sites for hydroxylation is 1. The van der Waals surface area contributed by atoms with Gasteiger partial charge in [0.05, 0.1) is 4.47 Å². The highest BCUT2D eigenvalue weighted by Crippen LogP contribution is 2.41. The summed E-state index contributed by atoms with van der Waals surface area (Å²) in [6.07, 6.45) is 0. The molecule has 1 aromatic carbocycles. The maximum absolute atomic E-state index is 5.39. The molecule has 0 aliphatic carbocycles. The number of hydrazine groups is 1. The molecule has 3 N–H and O–H groups in total. The molecule has 0 radical (unpaired) electrons. The Labute approximate surface area is 118 Å². The van der Waals surface area contributed by atoms with Gasteiger partial charge in [-0.2, -0.15) is 0 Å². The fraction of sp³-hybridized carbons (Fsp3) is 0.167. The molecule has 1 aliphatic rings. The first-order chi connectivity index (χ1) is 9.17. The van der Waals surface area contributed by atoms with Gasteiger partial charge in [-0.05, 0) is 35.0 Å². The Bertz CT molecular complexity index is 648. The van der Waals surface area contributed by atoms with Crippen molar-refractivity contribution in [1.82, 2.24) is 9.97 Å². The minimum absolute atomic E-state index is 0.224. The first kappa shape index (κ1) is 12.2. The van der Waals surface area contributed by atoms with Crippen LogP contribution in [0.15, 0.2) is 22.7 Å². The highest BCUT2D eigenvalue weighted by molar-refractivity contribution is 9.10. The molecule has 0 saturated heterocycles. The summed E-state index contributed by atoms with van der Waals surface area (Å²) >= 11 is 3.45. The van der Waals surface area contributed by atoms with Crippen LogP contribution in [0, 0.1) is 6.92 Å². The van der Waals surface area contributed by atoms with Gasteiger partial charge in [0, 0.05) is 17.3 Å². The van der Waals surface area contributed by atoms with Gasteiger partial charge in [0.2, 0.25) is 6.79 Å². The van der Waals surface area contributed by atoms with Gasteiger partial charge in [0.15, 0.2) is 17.3 Å². The van der Waals surface area contributed by atoms with E-state index < -0.39 is 0 Å². The number of hydrogen-bond donors (Lipinski definition) is 2. The topological polar surface area (TPSA) is 82.3 Å². The summed E-state index contributed by atoms with van der Waals surface area (Å²) in [7, 11) is 0. The summed E-state index contributed by atoms with van der Waals surface area (Å²) < 4.78 is 11.5. The molecule has 0 unspecified atom stereocenters. The zero-order valence-electron chi connectivity index (χ0n) is 10.1. The van der Waals surface area contributed by atoms with Crippen LogP contribution in [-0.4, -0.2) is 16.8 Å². The minimum Gasteiger partial charge on any atom is -0.454 e. The van der Waals surface area contributed by atoms with E-state index in [4.69, 9.17) is 15.3 Å². The number of nitrogens with zero attached hydrogens (tertiary/aromatic N) is 2. The second-order valence-electron chi connectivity index (χ2n) is 4.05. The third-order valence-electron chi connectivity index (χ3n) is 2.69. The Morgan fingerprint density at radius 1 is 1.26 bits per heavy atom. The van der Waals surface area contributed by atoms with E-state index in [-0.39, 0.29) is 6.79 Å². The SMILES string of the molecule is Cc1cc(NN)nc(-c2cc(Br)c3c(c2)OCO3)n1. The summed E-state index contributed by atoms with van der Waals surface area (Å²) in [5.74, 6) is 7.91. The molecule has 0 saturated carbocycles. The fourth-order valence-corrected chi connectivity index (χ4v) is 2.42. The van der Waals surface area contributed by atoms with Crippen LogP contribution in [-0.2, 0) is 0 Å². The van der Waals surface area contributed by atoms with Crippen molar-refractivity contribution in [3.05, 3.63) is 28.4 Å². The van der Waals surface area contributed by atoms with Gasteiger partial charge in [-0.25, -0.2) is 15.8 Å². The van der Waals surface area contributed by atoms with E-state index >= 15 is 0 Å². The highest BCUT2D eigenvalue weighted by Gasteiger charge is 2.19. The number of aromatic nitrogens is 2. The largest absolute Gasteiger partial charge is 0.454 e. The molecule has 1 aromatic heterocycles. The number of nitrogen functional groups attached to an aromatic ring is 1. The number of fused-ring (bicyclic) bond motifs is 1. The van der Waals surface area contributed by atoms with E-state index in [1.54, 1.807) is 6.07 Å². The van der Waals surface area contributed by atoms with Crippen LogP contribution >= 0.6 is 15.9 Å². The number of benzene rings is 1. The van der Waals surface area contributed by atoms with E-state index in [1.807, 2.05) is 19.1 Å². The molecule has 0 bridgehead atoms. The van der Waals surface area contributed by atoms with Crippen molar-refractivity contribution in [2.45, 2.75) is 6.92 Å². The molecule has 0 atom stereocenters. The van der Waals surface area contributed by atoms with Crippen LogP contribution in [0.5, 0.6) is 11.5 Å². The van der Waals surface area contributed by atoms with Crippen LogP contribution in [0.2, 0.25) is 0 Å². The summed E-state index contributed by atoms with van der Waals surface area (Å²) in [4.78, 5) is 8.72. The summed E-state index contributed by atoms with van der Waals surface area (Å²) in [6.45, 7) is 2.11. The van der Waals surface area contributed by atoms with Gasteiger partial charge in [-0.15, -0.1) is 0 Å². The van der Waals surface area contributed by atoms with Crippen molar-refractivity contribution in [1.29, 1.82) is 0 Å². The summed E-state index contributed by atoms with van der Waals surface area (Å²) in [6, 6.07) is 5.51. The quantitative estimate of drug-likeness (QED) is 0.651. The van der Waals surface area contributed by atoms with Gasteiger partial charge in [-0.3, -0.25) is 0 Å². The number of halogens is 1. The first-order valence-electron chi connectivity index (χ1n) is 5.59. The number of ether oxygens (including phenoxy) is 2. The molecule has 0 amide bonds. The lowest BCUT2D eigenvalue weighted by atomic mass is 10.2. The second kappa shape index (κ2) is 4.67. The van der Waals surface area contributed by atoms with Gasteiger partial charge in [0.25, 0.3) is 0 Å². The van der Waals surface area contributed by atoms with Crippen LogP contribution in [0.3, 0.4) is 0 Å².